The van der Waals surface area contributed by atoms with Gasteiger partial charge >= 0.3 is 5.97 Å². The van der Waals surface area contributed by atoms with Gasteiger partial charge in [0.25, 0.3) is 0 Å². The van der Waals surface area contributed by atoms with Gasteiger partial charge in [0, 0.05) is 24.4 Å². The minimum absolute atomic E-state index is 0.0662. The Bertz CT molecular complexity index is 744. The van der Waals surface area contributed by atoms with Crippen molar-refractivity contribution >= 4 is 28.3 Å². The molecule has 24 heavy (non-hydrogen) atoms. The average Bonchev–Trinajstić information content (AvgIpc) is 3.08. The zero-order valence-corrected chi connectivity index (χ0v) is 14.4. The molecule has 0 atom stereocenters. The zero-order valence-electron chi connectivity index (χ0n) is 13.6. The summed E-state index contributed by atoms with van der Waals surface area (Å²) in [7, 11) is 4.72. The molecule has 128 valence electrons. The van der Waals surface area contributed by atoms with E-state index in [2.05, 4.69) is 4.98 Å². The Kier molecular flexibility index (Phi) is 5.75. The molecule has 0 aliphatic heterocycles. The van der Waals surface area contributed by atoms with Crippen molar-refractivity contribution in [2.45, 2.75) is 12.8 Å². The molecule has 1 heterocycles. The number of hydrogen-bond acceptors (Lipinski definition) is 6. The quantitative estimate of drug-likeness (QED) is 0.826. The summed E-state index contributed by atoms with van der Waals surface area (Å²) in [4.78, 5) is 28.4. The molecule has 0 saturated carbocycles. The number of nitrogens with zero attached hydrogens (tertiary/aromatic N) is 2. The summed E-state index contributed by atoms with van der Waals surface area (Å²) in [6.45, 7) is 0. The van der Waals surface area contributed by atoms with E-state index in [9.17, 15) is 9.59 Å². The number of aromatic nitrogens is 1. The molecule has 1 aromatic carbocycles. The maximum Gasteiger partial charge on any atom is 0.303 e. The number of anilines is 1. The smallest absolute Gasteiger partial charge is 0.303 e. The molecule has 0 fully saturated rings. The second kappa shape index (κ2) is 7.78. The first-order valence-corrected chi connectivity index (χ1v) is 8.00. The number of benzene rings is 1. The van der Waals surface area contributed by atoms with Gasteiger partial charge in [-0.1, -0.05) is 0 Å². The van der Waals surface area contributed by atoms with Gasteiger partial charge in [-0.3, -0.25) is 14.5 Å². The Labute approximate surface area is 143 Å². The van der Waals surface area contributed by atoms with Gasteiger partial charge in [0.2, 0.25) is 5.91 Å². The fourth-order valence-electron chi connectivity index (χ4n) is 2.04. The molecule has 2 aromatic rings. The molecule has 0 unspecified atom stereocenters. The van der Waals surface area contributed by atoms with Crippen LogP contribution < -0.4 is 14.4 Å². The number of hydrogen-bond donors (Lipinski definition) is 1. The summed E-state index contributed by atoms with van der Waals surface area (Å²) in [6, 6.07) is 5.38. The number of ether oxygens (including phenoxy) is 2. The number of aliphatic carboxylic acids is 1. The third-order valence-corrected chi connectivity index (χ3v) is 4.31. The molecule has 7 nitrogen and oxygen atoms in total. The number of thiazole rings is 1. The summed E-state index contributed by atoms with van der Waals surface area (Å²) in [6.07, 6.45) is -0.270. The van der Waals surface area contributed by atoms with Crippen LogP contribution in [0.4, 0.5) is 5.13 Å². The molecule has 2 rings (SSSR count). The van der Waals surface area contributed by atoms with Crippen molar-refractivity contribution in [1.82, 2.24) is 4.98 Å². The fraction of sp³-hybridized carbons (Fsp3) is 0.312. The van der Waals surface area contributed by atoms with Crippen LogP contribution in [0.1, 0.15) is 12.8 Å². The second-order valence-corrected chi connectivity index (χ2v) is 5.76. The van der Waals surface area contributed by atoms with Crippen molar-refractivity contribution in [3.05, 3.63) is 23.6 Å². The molecular formula is C16H18N2O5S. The molecule has 8 heteroatoms. The largest absolute Gasteiger partial charge is 0.497 e. The lowest BCUT2D eigenvalue weighted by Crippen LogP contribution is -2.26. The zero-order chi connectivity index (χ0) is 17.7. The monoisotopic (exact) mass is 350 g/mol. The van der Waals surface area contributed by atoms with Gasteiger partial charge in [0.15, 0.2) is 5.13 Å². The van der Waals surface area contributed by atoms with Gasteiger partial charge in [-0.2, -0.15) is 0 Å². The van der Waals surface area contributed by atoms with E-state index in [4.69, 9.17) is 14.6 Å². The second-order valence-electron chi connectivity index (χ2n) is 4.93. The normalized spacial score (nSPS) is 10.3. The van der Waals surface area contributed by atoms with Crippen LogP contribution in [0.5, 0.6) is 11.5 Å². The maximum atomic E-state index is 12.0. The van der Waals surface area contributed by atoms with E-state index in [1.165, 1.54) is 16.2 Å². The van der Waals surface area contributed by atoms with E-state index in [1.54, 1.807) is 33.4 Å². The van der Waals surface area contributed by atoms with Crippen molar-refractivity contribution in [3.8, 4) is 22.8 Å². The van der Waals surface area contributed by atoms with E-state index in [0.29, 0.717) is 22.3 Å². The first-order valence-electron chi connectivity index (χ1n) is 7.12. The lowest BCUT2D eigenvalue weighted by Gasteiger charge is -2.13. The van der Waals surface area contributed by atoms with Crippen LogP contribution in [0, 0.1) is 0 Å². The lowest BCUT2D eigenvalue weighted by molar-refractivity contribution is -0.138. The highest BCUT2D eigenvalue weighted by molar-refractivity contribution is 7.14. The van der Waals surface area contributed by atoms with E-state index in [-0.39, 0.29) is 18.7 Å². The first kappa shape index (κ1) is 17.7. The number of methoxy groups -OCH3 is 2. The van der Waals surface area contributed by atoms with Crippen molar-refractivity contribution < 1.29 is 24.2 Å². The standard InChI is InChI=1S/C16H18N2O5S/c1-18(14(19)6-7-15(20)21)16-17-12(9-24-16)11-8-10(22-2)4-5-13(11)23-3/h4-5,8-9H,6-7H2,1-3H3,(H,20,21). The van der Waals surface area contributed by atoms with E-state index in [1.807, 2.05) is 11.4 Å². The van der Waals surface area contributed by atoms with Gasteiger partial charge in [0.1, 0.15) is 11.5 Å². The number of rotatable bonds is 7. The molecule has 1 N–H and O–H groups in total. The minimum Gasteiger partial charge on any atom is -0.497 e. The molecule has 0 saturated heterocycles. The summed E-state index contributed by atoms with van der Waals surface area (Å²) in [5, 5.41) is 11.0. The highest BCUT2D eigenvalue weighted by Crippen LogP contribution is 2.35. The molecule has 0 aliphatic carbocycles. The van der Waals surface area contributed by atoms with Crippen molar-refractivity contribution in [3.63, 3.8) is 0 Å². The van der Waals surface area contributed by atoms with E-state index in [0.717, 1.165) is 5.56 Å². The highest BCUT2D eigenvalue weighted by atomic mass is 32.1. The molecule has 0 aliphatic rings. The molecule has 1 aromatic heterocycles. The highest BCUT2D eigenvalue weighted by Gasteiger charge is 2.18. The van der Waals surface area contributed by atoms with Gasteiger partial charge < -0.3 is 14.6 Å². The fourth-order valence-corrected chi connectivity index (χ4v) is 2.85. The van der Waals surface area contributed by atoms with E-state index >= 15 is 0 Å². The van der Waals surface area contributed by atoms with Crippen LogP contribution in [0.3, 0.4) is 0 Å². The van der Waals surface area contributed by atoms with Crippen molar-refractivity contribution in [2.75, 3.05) is 26.2 Å². The van der Waals surface area contributed by atoms with Gasteiger partial charge in [-0.15, -0.1) is 11.3 Å². The Hall–Kier alpha value is -2.61. The third kappa shape index (κ3) is 4.02. The average molecular weight is 350 g/mol. The Balaban J connectivity index is 2.24. The summed E-state index contributed by atoms with van der Waals surface area (Å²) in [5.41, 5.74) is 1.41. The minimum atomic E-state index is -1.00. The van der Waals surface area contributed by atoms with Gasteiger partial charge in [0.05, 0.1) is 26.3 Å². The van der Waals surface area contributed by atoms with Crippen LogP contribution >= 0.6 is 11.3 Å². The molecular weight excluding hydrogens is 332 g/mol. The number of carbonyl (C=O) groups excluding carboxylic acids is 1. The topological polar surface area (TPSA) is 89.0 Å². The molecule has 0 spiro atoms. The Morgan fingerprint density at radius 2 is 2.00 bits per heavy atom. The Morgan fingerprint density at radius 3 is 2.62 bits per heavy atom. The predicted molar refractivity (Wildman–Crippen MR) is 90.9 cm³/mol. The van der Waals surface area contributed by atoms with Crippen LogP contribution in [0.2, 0.25) is 0 Å². The molecule has 0 bridgehead atoms. The van der Waals surface area contributed by atoms with Gasteiger partial charge in [-0.05, 0) is 18.2 Å². The predicted octanol–water partition coefficient (Wildman–Crippen LogP) is 2.65. The number of carboxylic acids is 1. The van der Waals surface area contributed by atoms with Crippen LogP contribution in [-0.2, 0) is 9.59 Å². The summed E-state index contributed by atoms with van der Waals surface area (Å²) < 4.78 is 10.6. The molecule has 1 amide bonds. The van der Waals surface area contributed by atoms with E-state index < -0.39 is 5.97 Å². The number of carboxylic acid groups (broad SMARTS) is 1. The third-order valence-electron chi connectivity index (χ3n) is 3.39. The first-order chi connectivity index (χ1) is 11.5. The summed E-state index contributed by atoms with van der Waals surface area (Å²) in [5.74, 6) is 0.0207. The number of amides is 1. The number of carbonyl (C=O) groups is 2. The maximum absolute atomic E-state index is 12.0. The van der Waals surface area contributed by atoms with Gasteiger partial charge in [-0.25, -0.2) is 4.98 Å². The lowest BCUT2D eigenvalue weighted by atomic mass is 10.1. The van der Waals surface area contributed by atoms with Crippen LogP contribution in [0.15, 0.2) is 23.6 Å². The summed E-state index contributed by atoms with van der Waals surface area (Å²) >= 11 is 1.30. The van der Waals surface area contributed by atoms with Crippen molar-refractivity contribution in [1.29, 1.82) is 0 Å². The van der Waals surface area contributed by atoms with Crippen LogP contribution in [-0.4, -0.2) is 43.2 Å². The van der Waals surface area contributed by atoms with Crippen LogP contribution in [0.25, 0.3) is 11.3 Å². The van der Waals surface area contributed by atoms with Crippen molar-refractivity contribution in [2.24, 2.45) is 0 Å². The molecule has 0 radical (unpaired) electrons. The SMILES string of the molecule is COc1ccc(OC)c(-c2csc(N(C)C(=O)CCC(=O)O)n2)c1. The Morgan fingerprint density at radius 1 is 1.25 bits per heavy atom.